The van der Waals surface area contributed by atoms with Crippen molar-refractivity contribution in [2.24, 2.45) is 35.0 Å². The minimum atomic E-state index is -0.975. The lowest BCUT2D eigenvalue weighted by Crippen LogP contribution is -2.58. The van der Waals surface area contributed by atoms with E-state index >= 15 is 4.39 Å². The van der Waals surface area contributed by atoms with Gasteiger partial charge in [-0.2, -0.15) is 0 Å². The van der Waals surface area contributed by atoms with Crippen molar-refractivity contribution in [2.45, 2.75) is 96.2 Å². The van der Waals surface area contributed by atoms with E-state index in [-0.39, 0.29) is 11.8 Å². The first kappa shape index (κ1) is 16.4. The molecule has 0 amide bonds. The van der Waals surface area contributed by atoms with E-state index in [0.717, 1.165) is 24.7 Å². The number of alkyl halides is 1. The Bertz CT molecular complexity index is 474. The summed E-state index contributed by atoms with van der Waals surface area (Å²) in [7, 11) is 0. The van der Waals surface area contributed by atoms with E-state index in [1.165, 1.54) is 32.1 Å². The predicted molar refractivity (Wildman–Crippen MR) is 91.9 cm³/mol. The predicted octanol–water partition coefficient (Wildman–Crippen LogP) is 5.51. The summed E-state index contributed by atoms with van der Waals surface area (Å²) in [5, 5.41) is 10.4. The van der Waals surface area contributed by atoms with Gasteiger partial charge in [-0.1, -0.05) is 20.3 Å². The fraction of sp³-hybridized carbons (Fsp3) is 1.00. The van der Waals surface area contributed by atoms with Crippen LogP contribution in [0.1, 0.15) is 85.0 Å². The Labute approximate surface area is 141 Å². The van der Waals surface area contributed by atoms with Gasteiger partial charge in [0.25, 0.3) is 0 Å². The highest BCUT2D eigenvalue weighted by atomic mass is 19.1. The summed E-state index contributed by atoms with van der Waals surface area (Å²) < 4.78 is 16.1. The number of rotatable bonds is 1. The Morgan fingerprint density at radius 2 is 1.74 bits per heavy atom. The zero-order chi connectivity index (χ0) is 16.5. The average molecular weight is 323 g/mol. The molecule has 4 aliphatic rings. The summed E-state index contributed by atoms with van der Waals surface area (Å²) >= 11 is 0. The first-order chi connectivity index (χ1) is 10.8. The summed E-state index contributed by atoms with van der Waals surface area (Å²) in [6.07, 6.45) is 10.5. The van der Waals surface area contributed by atoms with Crippen molar-refractivity contribution in [1.82, 2.24) is 0 Å². The molecule has 4 rings (SSSR count). The van der Waals surface area contributed by atoms with Gasteiger partial charge in [-0.25, -0.2) is 4.39 Å². The van der Waals surface area contributed by atoms with E-state index in [1.807, 2.05) is 6.92 Å². The van der Waals surface area contributed by atoms with Gasteiger partial charge in [0.05, 0.1) is 5.60 Å². The number of hydrogen-bond donors (Lipinski definition) is 1. The highest BCUT2D eigenvalue weighted by molar-refractivity contribution is 5.12. The third-order valence-corrected chi connectivity index (χ3v) is 9.00. The van der Waals surface area contributed by atoms with Crippen LogP contribution in [-0.2, 0) is 0 Å². The zero-order valence-electron chi connectivity index (χ0n) is 15.3. The SMILES string of the molecule is CCC1CC[C@H]2[C@@H]3CC[C@@H]4C[C@](C)(O)CC[C@]4(F)C3CC[C@]12C. The Morgan fingerprint density at radius 1 is 0.957 bits per heavy atom. The van der Waals surface area contributed by atoms with Crippen LogP contribution >= 0.6 is 0 Å². The average Bonchev–Trinajstić information content (AvgIpc) is 2.84. The van der Waals surface area contributed by atoms with E-state index in [0.29, 0.717) is 30.6 Å². The third kappa shape index (κ3) is 2.26. The van der Waals surface area contributed by atoms with Gasteiger partial charge in [0, 0.05) is 0 Å². The normalized spacial score (nSPS) is 59.1. The lowest BCUT2D eigenvalue weighted by Gasteiger charge is -2.59. The van der Waals surface area contributed by atoms with Crippen molar-refractivity contribution >= 4 is 0 Å². The molecule has 132 valence electrons. The van der Waals surface area contributed by atoms with Crippen molar-refractivity contribution in [3.05, 3.63) is 0 Å². The van der Waals surface area contributed by atoms with Gasteiger partial charge in [0.2, 0.25) is 0 Å². The zero-order valence-corrected chi connectivity index (χ0v) is 15.3. The van der Waals surface area contributed by atoms with Crippen LogP contribution in [0.4, 0.5) is 4.39 Å². The van der Waals surface area contributed by atoms with Crippen LogP contribution in [0.25, 0.3) is 0 Å². The maximum atomic E-state index is 16.1. The fourth-order valence-electron chi connectivity index (χ4n) is 7.76. The minimum Gasteiger partial charge on any atom is -0.390 e. The first-order valence-electron chi connectivity index (χ1n) is 10.2. The molecule has 0 aliphatic heterocycles. The van der Waals surface area contributed by atoms with Crippen LogP contribution in [-0.4, -0.2) is 16.4 Å². The van der Waals surface area contributed by atoms with E-state index in [4.69, 9.17) is 0 Å². The van der Waals surface area contributed by atoms with Crippen molar-refractivity contribution in [1.29, 1.82) is 0 Å². The molecule has 4 fully saturated rings. The molecular weight excluding hydrogens is 287 g/mol. The second kappa shape index (κ2) is 5.19. The van der Waals surface area contributed by atoms with Crippen LogP contribution < -0.4 is 0 Å². The second-order valence-corrected chi connectivity index (χ2v) is 10.0. The van der Waals surface area contributed by atoms with E-state index in [9.17, 15) is 5.11 Å². The summed E-state index contributed by atoms with van der Waals surface area (Å²) in [6.45, 7) is 6.79. The first-order valence-corrected chi connectivity index (χ1v) is 10.2. The molecule has 0 bridgehead atoms. The molecule has 0 aromatic rings. The molecular formula is C21H35FO. The summed E-state index contributed by atoms with van der Waals surface area (Å²) in [6, 6.07) is 0. The Kier molecular flexibility index (Phi) is 3.69. The van der Waals surface area contributed by atoms with E-state index in [2.05, 4.69) is 13.8 Å². The minimum absolute atomic E-state index is 0.111. The van der Waals surface area contributed by atoms with Gasteiger partial charge < -0.3 is 5.11 Å². The van der Waals surface area contributed by atoms with Crippen molar-refractivity contribution in [2.75, 3.05) is 0 Å². The molecule has 2 unspecified atom stereocenters. The topological polar surface area (TPSA) is 20.2 Å². The molecule has 8 atom stereocenters. The molecule has 0 heterocycles. The van der Waals surface area contributed by atoms with Crippen LogP contribution in [0.3, 0.4) is 0 Å². The van der Waals surface area contributed by atoms with Crippen molar-refractivity contribution in [3.63, 3.8) is 0 Å². The Morgan fingerprint density at radius 3 is 2.48 bits per heavy atom. The van der Waals surface area contributed by atoms with Crippen LogP contribution in [0, 0.1) is 35.0 Å². The smallest absolute Gasteiger partial charge is 0.117 e. The lowest BCUT2D eigenvalue weighted by atomic mass is 9.48. The molecule has 0 saturated heterocycles. The number of aliphatic hydroxyl groups is 1. The third-order valence-electron chi connectivity index (χ3n) is 9.00. The van der Waals surface area contributed by atoms with Crippen LogP contribution in [0.5, 0.6) is 0 Å². The van der Waals surface area contributed by atoms with Gasteiger partial charge in [-0.3, -0.25) is 0 Å². The molecule has 0 radical (unpaired) electrons. The lowest BCUT2D eigenvalue weighted by molar-refractivity contribution is -0.164. The molecule has 0 aromatic heterocycles. The van der Waals surface area contributed by atoms with Crippen LogP contribution in [0.2, 0.25) is 0 Å². The number of fused-ring (bicyclic) bond motifs is 5. The van der Waals surface area contributed by atoms with Gasteiger partial charge in [-0.15, -0.1) is 0 Å². The van der Waals surface area contributed by atoms with E-state index in [1.54, 1.807) is 0 Å². The fourth-order valence-corrected chi connectivity index (χ4v) is 7.76. The Hall–Kier alpha value is -0.110. The monoisotopic (exact) mass is 322 g/mol. The van der Waals surface area contributed by atoms with Gasteiger partial charge in [0.15, 0.2) is 0 Å². The quantitative estimate of drug-likeness (QED) is 0.675. The van der Waals surface area contributed by atoms with Crippen molar-refractivity contribution < 1.29 is 9.50 Å². The molecule has 23 heavy (non-hydrogen) atoms. The summed E-state index contributed by atoms with van der Waals surface area (Å²) in [5.74, 6) is 2.65. The number of hydrogen-bond acceptors (Lipinski definition) is 1. The summed E-state index contributed by atoms with van der Waals surface area (Å²) in [5.41, 5.74) is -1.12. The van der Waals surface area contributed by atoms with E-state index < -0.39 is 11.3 Å². The molecule has 1 N–H and O–H groups in total. The van der Waals surface area contributed by atoms with Gasteiger partial charge >= 0.3 is 0 Å². The molecule has 2 heteroatoms. The molecule has 0 spiro atoms. The van der Waals surface area contributed by atoms with Crippen LogP contribution in [0.15, 0.2) is 0 Å². The highest BCUT2D eigenvalue weighted by Gasteiger charge is 2.62. The second-order valence-electron chi connectivity index (χ2n) is 10.0. The van der Waals surface area contributed by atoms with Gasteiger partial charge in [-0.05, 0) is 99.7 Å². The Balaban J connectivity index is 1.60. The summed E-state index contributed by atoms with van der Waals surface area (Å²) in [4.78, 5) is 0. The molecule has 1 nitrogen and oxygen atoms in total. The molecule has 4 aliphatic carbocycles. The standard InChI is InChI=1S/C21H35FO/c1-4-14-6-8-17-16-7-5-15-13-19(2,23)11-12-21(15,22)18(16)9-10-20(14,17)3/h14-18,23H,4-13H2,1-3H3/t14?,15-,16+,17+,18?,19-,20-,21-/m1/s1. The van der Waals surface area contributed by atoms with Gasteiger partial charge in [0.1, 0.15) is 5.67 Å². The molecule has 4 saturated carbocycles. The highest BCUT2D eigenvalue weighted by Crippen LogP contribution is 2.66. The largest absolute Gasteiger partial charge is 0.390 e. The molecule has 0 aromatic carbocycles. The maximum Gasteiger partial charge on any atom is 0.117 e. The van der Waals surface area contributed by atoms with Crippen molar-refractivity contribution in [3.8, 4) is 0 Å². The number of halogens is 1. The maximum absolute atomic E-state index is 16.1.